The van der Waals surface area contributed by atoms with Crippen molar-refractivity contribution in [2.75, 3.05) is 26.8 Å². The monoisotopic (exact) mass is 464 g/mol. The highest BCUT2D eigenvalue weighted by molar-refractivity contribution is 5.81. The first-order valence-electron chi connectivity index (χ1n) is 11.1. The van der Waals surface area contributed by atoms with Gasteiger partial charge in [-0.25, -0.2) is 4.39 Å². The number of nitrogens with one attached hydrogen (secondary N) is 2. The van der Waals surface area contributed by atoms with Crippen molar-refractivity contribution in [3.05, 3.63) is 52.8 Å². The summed E-state index contributed by atoms with van der Waals surface area (Å²) in [4.78, 5) is 12.7. The minimum absolute atomic E-state index is 0.0170. The molecule has 2 aromatic carbocycles. The number of amides is 1. The molecule has 34 heavy (non-hydrogen) atoms. The predicted octanol–water partition coefficient (Wildman–Crippen LogP) is 2.20. The molecule has 0 spiro atoms. The largest absolute Gasteiger partial charge is 0.488 e. The highest BCUT2D eigenvalue weighted by atomic mass is 19.1. The van der Waals surface area contributed by atoms with E-state index in [4.69, 9.17) is 19.5 Å². The standard InChI is InChI=1S/C25H25FN4O4/c1-32-19-4-5-33-24(13-29-12-19)25(31)30-18(11-28)7-16-8-23-21(9-22(16)26)20-3-2-15(10-27)6-17(20)14-34-23/h2-3,6,8-9,18-19,24,29H,4-5,7,12-14H2,1H3,(H,30,31)/t18-,19-,24-/m0/s1. The Morgan fingerprint density at radius 1 is 1.29 bits per heavy atom. The second-order valence-electron chi connectivity index (χ2n) is 8.27. The minimum Gasteiger partial charge on any atom is -0.488 e. The number of nitriles is 2. The molecule has 176 valence electrons. The number of carbonyl (C=O) groups excluding carboxylic acids is 1. The maximum absolute atomic E-state index is 15.0. The molecule has 0 saturated carbocycles. The first-order chi connectivity index (χ1) is 16.5. The van der Waals surface area contributed by atoms with Crippen LogP contribution in [-0.2, 0) is 27.3 Å². The van der Waals surface area contributed by atoms with Gasteiger partial charge in [0.25, 0.3) is 5.91 Å². The Morgan fingerprint density at radius 2 is 2.15 bits per heavy atom. The molecule has 0 aromatic heterocycles. The van der Waals surface area contributed by atoms with E-state index < -0.39 is 23.9 Å². The van der Waals surface area contributed by atoms with Crippen molar-refractivity contribution in [3.8, 4) is 29.0 Å². The van der Waals surface area contributed by atoms with E-state index in [1.165, 1.54) is 6.07 Å². The number of fused-ring (bicyclic) bond motifs is 3. The van der Waals surface area contributed by atoms with E-state index in [0.29, 0.717) is 36.4 Å². The summed E-state index contributed by atoms with van der Waals surface area (Å²) in [5, 5.41) is 24.5. The smallest absolute Gasteiger partial charge is 0.251 e. The van der Waals surface area contributed by atoms with Crippen molar-refractivity contribution in [1.29, 1.82) is 10.5 Å². The van der Waals surface area contributed by atoms with Crippen LogP contribution in [0.4, 0.5) is 4.39 Å². The van der Waals surface area contributed by atoms with E-state index in [-0.39, 0.29) is 31.2 Å². The van der Waals surface area contributed by atoms with Crippen LogP contribution in [0.2, 0.25) is 0 Å². The first-order valence-corrected chi connectivity index (χ1v) is 11.1. The summed E-state index contributed by atoms with van der Waals surface area (Å²) >= 11 is 0. The third-order valence-electron chi connectivity index (χ3n) is 6.04. The van der Waals surface area contributed by atoms with Crippen LogP contribution in [0.25, 0.3) is 11.1 Å². The lowest BCUT2D eigenvalue weighted by Crippen LogP contribution is -2.49. The Bertz CT molecular complexity index is 1150. The van der Waals surface area contributed by atoms with Crippen LogP contribution in [0, 0.1) is 28.5 Å². The topological polar surface area (TPSA) is 116 Å². The highest BCUT2D eigenvalue weighted by Crippen LogP contribution is 2.39. The predicted molar refractivity (Wildman–Crippen MR) is 120 cm³/mol. The summed E-state index contributed by atoms with van der Waals surface area (Å²) in [6.45, 7) is 1.52. The average molecular weight is 464 g/mol. The quantitative estimate of drug-likeness (QED) is 0.697. The number of benzene rings is 2. The van der Waals surface area contributed by atoms with E-state index >= 15 is 0 Å². The zero-order valence-corrected chi connectivity index (χ0v) is 18.8. The van der Waals surface area contributed by atoms with Crippen molar-refractivity contribution < 1.29 is 23.4 Å². The molecule has 0 aliphatic carbocycles. The maximum Gasteiger partial charge on any atom is 0.251 e. The normalized spacial score (nSPS) is 20.2. The Kier molecular flexibility index (Phi) is 7.39. The Hall–Kier alpha value is -3.50. The fraction of sp³-hybridized carbons (Fsp3) is 0.400. The van der Waals surface area contributed by atoms with Crippen LogP contribution in [0.1, 0.15) is 23.1 Å². The lowest BCUT2D eigenvalue weighted by atomic mass is 9.93. The summed E-state index contributed by atoms with van der Waals surface area (Å²) in [6.07, 6.45) is -0.0989. The number of rotatable bonds is 5. The number of hydrogen-bond acceptors (Lipinski definition) is 7. The third kappa shape index (κ3) is 5.18. The van der Waals surface area contributed by atoms with Gasteiger partial charge in [0.2, 0.25) is 0 Å². The van der Waals surface area contributed by atoms with E-state index in [1.807, 2.05) is 6.07 Å². The van der Waals surface area contributed by atoms with Crippen LogP contribution in [0.5, 0.6) is 5.75 Å². The van der Waals surface area contributed by atoms with Gasteiger partial charge in [0.1, 0.15) is 30.3 Å². The molecule has 0 radical (unpaired) electrons. The number of ether oxygens (including phenoxy) is 3. The van der Waals surface area contributed by atoms with Crippen molar-refractivity contribution in [2.45, 2.75) is 37.7 Å². The molecule has 2 aliphatic rings. The lowest BCUT2D eigenvalue weighted by molar-refractivity contribution is -0.134. The summed E-state index contributed by atoms with van der Waals surface area (Å²) < 4.78 is 31.7. The second kappa shape index (κ2) is 10.6. The van der Waals surface area contributed by atoms with E-state index in [2.05, 4.69) is 16.7 Å². The van der Waals surface area contributed by atoms with Gasteiger partial charge in [-0.3, -0.25) is 4.79 Å². The summed E-state index contributed by atoms with van der Waals surface area (Å²) in [5.74, 6) is -0.424. The van der Waals surface area contributed by atoms with Gasteiger partial charge in [-0.05, 0) is 47.4 Å². The number of carbonyl (C=O) groups is 1. The van der Waals surface area contributed by atoms with E-state index in [0.717, 1.165) is 11.1 Å². The van der Waals surface area contributed by atoms with Gasteiger partial charge in [-0.15, -0.1) is 0 Å². The second-order valence-corrected chi connectivity index (χ2v) is 8.27. The van der Waals surface area contributed by atoms with Gasteiger partial charge in [0.15, 0.2) is 0 Å². The zero-order chi connectivity index (χ0) is 24.1. The molecule has 1 amide bonds. The fourth-order valence-corrected chi connectivity index (χ4v) is 4.14. The number of nitrogens with zero attached hydrogens (tertiary/aromatic N) is 2. The van der Waals surface area contributed by atoms with Crippen LogP contribution < -0.4 is 15.4 Å². The van der Waals surface area contributed by atoms with Crippen LogP contribution in [-0.4, -0.2) is 51.0 Å². The summed E-state index contributed by atoms with van der Waals surface area (Å²) in [6, 6.07) is 11.3. The average Bonchev–Trinajstić information content (AvgIpc) is 2.83. The molecular weight excluding hydrogens is 439 g/mol. The lowest BCUT2D eigenvalue weighted by Gasteiger charge is -2.26. The summed E-state index contributed by atoms with van der Waals surface area (Å²) in [5.41, 5.74) is 2.98. The number of methoxy groups -OCH3 is 1. The van der Waals surface area contributed by atoms with Gasteiger partial charge in [-0.1, -0.05) is 6.07 Å². The minimum atomic E-state index is -0.935. The van der Waals surface area contributed by atoms with Crippen molar-refractivity contribution in [1.82, 2.24) is 10.6 Å². The molecule has 4 rings (SSSR count). The zero-order valence-electron chi connectivity index (χ0n) is 18.8. The summed E-state index contributed by atoms with van der Waals surface area (Å²) in [7, 11) is 1.63. The molecule has 8 nitrogen and oxygen atoms in total. The van der Waals surface area contributed by atoms with Gasteiger partial charge < -0.3 is 24.8 Å². The van der Waals surface area contributed by atoms with Crippen LogP contribution in [0.15, 0.2) is 30.3 Å². The van der Waals surface area contributed by atoms with Crippen molar-refractivity contribution >= 4 is 5.91 Å². The van der Waals surface area contributed by atoms with Gasteiger partial charge in [0.05, 0.1) is 30.4 Å². The van der Waals surface area contributed by atoms with Gasteiger partial charge in [0, 0.05) is 32.2 Å². The third-order valence-corrected chi connectivity index (χ3v) is 6.04. The number of hydrogen-bond donors (Lipinski definition) is 2. The van der Waals surface area contributed by atoms with Gasteiger partial charge >= 0.3 is 0 Å². The first kappa shape index (κ1) is 23.7. The maximum atomic E-state index is 15.0. The van der Waals surface area contributed by atoms with E-state index in [1.54, 1.807) is 31.4 Å². The fourth-order valence-electron chi connectivity index (χ4n) is 4.14. The molecule has 2 heterocycles. The molecule has 0 unspecified atom stereocenters. The Morgan fingerprint density at radius 3 is 2.91 bits per heavy atom. The molecule has 2 aliphatic heterocycles. The van der Waals surface area contributed by atoms with Crippen LogP contribution in [0.3, 0.4) is 0 Å². The molecule has 9 heteroatoms. The molecule has 1 saturated heterocycles. The van der Waals surface area contributed by atoms with Gasteiger partial charge in [-0.2, -0.15) is 10.5 Å². The Labute approximate surface area is 197 Å². The van der Waals surface area contributed by atoms with Crippen LogP contribution >= 0.6 is 0 Å². The molecule has 1 fully saturated rings. The molecule has 3 atom stereocenters. The SMILES string of the molecule is CO[C@H]1CCO[C@H](C(=O)N[C@H](C#N)Cc2cc3c(cc2F)-c2ccc(C#N)cc2CO3)CNC1. The Balaban J connectivity index is 1.45. The molecule has 0 bridgehead atoms. The molecule has 2 N–H and O–H groups in total. The van der Waals surface area contributed by atoms with Crippen molar-refractivity contribution in [3.63, 3.8) is 0 Å². The molecular formula is C25H25FN4O4. The number of halogens is 1. The van der Waals surface area contributed by atoms with Crippen molar-refractivity contribution in [2.24, 2.45) is 0 Å². The highest BCUT2D eigenvalue weighted by Gasteiger charge is 2.26. The molecule has 2 aromatic rings. The van der Waals surface area contributed by atoms with E-state index in [9.17, 15) is 14.4 Å².